The Hall–Kier alpha value is -4.17. The van der Waals surface area contributed by atoms with E-state index in [0.717, 1.165) is 5.56 Å². The summed E-state index contributed by atoms with van der Waals surface area (Å²) < 4.78 is 27.4. The van der Waals surface area contributed by atoms with Crippen LogP contribution < -0.4 is 0 Å². The van der Waals surface area contributed by atoms with Crippen molar-refractivity contribution in [3.8, 4) is 23.0 Å². The van der Waals surface area contributed by atoms with Crippen molar-refractivity contribution in [3.63, 3.8) is 0 Å². The molecule has 0 saturated carbocycles. The molecule has 8 heteroatoms. The van der Waals surface area contributed by atoms with Crippen molar-refractivity contribution in [2.75, 3.05) is 0 Å². The number of sulfone groups is 1. The Kier molecular flexibility index (Phi) is 4.68. The van der Waals surface area contributed by atoms with Gasteiger partial charge in [-0.25, -0.2) is 8.42 Å². The van der Waals surface area contributed by atoms with Gasteiger partial charge >= 0.3 is 0 Å². The molecule has 33 heavy (non-hydrogen) atoms. The zero-order chi connectivity index (χ0) is 23.3. The third-order valence-corrected chi connectivity index (χ3v) is 7.49. The molecule has 7 nitrogen and oxygen atoms in total. The fraction of sp³-hybridized carbons (Fsp3) is 0.0400. The summed E-state index contributed by atoms with van der Waals surface area (Å²) in [5.74, 6) is -1.25. The van der Waals surface area contributed by atoms with Crippen LogP contribution in [0.25, 0.3) is 21.8 Å². The lowest BCUT2D eigenvalue weighted by Gasteiger charge is -2.11. The molecule has 0 bridgehead atoms. The van der Waals surface area contributed by atoms with Gasteiger partial charge in [0, 0.05) is 23.4 Å². The summed E-state index contributed by atoms with van der Waals surface area (Å²) >= 11 is 0. The lowest BCUT2D eigenvalue weighted by Crippen LogP contribution is -2.03. The summed E-state index contributed by atoms with van der Waals surface area (Å²) in [5.41, 5.74) is 1.59. The molecule has 4 N–H and O–H groups in total. The van der Waals surface area contributed by atoms with E-state index < -0.39 is 9.84 Å². The quantitative estimate of drug-likeness (QED) is 0.293. The normalized spacial score (nSPS) is 11.9. The number of rotatable bonds is 4. The summed E-state index contributed by atoms with van der Waals surface area (Å²) in [7, 11) is -3.65. The van der Waals surface area contributed by atoms with E-state index in [0.29, 0.717) is 21.8 Å². The monoisotopic (exact) mass is 461 g/mol. The van der Waals surface area contributed by atoms with Gasteiger partial charge in [0.2, 0.25) is 9.84 Å². The van der Waals surface area contributed by atoms with Crippen molar-refractivity contribution in [2.45, 2.75) is 16.3 Å². The average Bonchev–Trinajstić information content (AvgIpc) is 3.10. The molecule has 0 radical (unpaired) electrons. The third-order valence-electron chi connectivity index (χ3n) is 5.70. The number of aromatic nitrogens is 1. The maximum absolute atomic E-state index is 12.8. The van der Waals surface area contributed by atoms with Gasteiger partial charge in [0.1, 0.15) is 0 Å². The Morgan fingerprint density at radius 2 is 1.30 bits per heavy atom. The molecular weight excluding hydrogens is 442 g/mol. The molecule has 0 spiro atoms. The van der Waals surface area contributed by atoms with E-state index in [1.807, 2.05) is 0 Å². The maximum atomic E-state index is 12.8. The number of aromatic hydroxyl groups is 4. The Bertz CT molecular complexity index is 1620. The number of benzene rings is 4. The number of hydrogen-bond acceptors (Lipinski definition) is 6. The summed E-state index contributed by atoms with van der Waals surface area (Å²) in [6, 6.07) is 20.3. The predicted octanol–water partition coefficient (Wildman–Crippen LogP) is 4.50. The first-order chi connectivity index (χ1) is 15.8. The number of phenolic OH excluding ortho intramolecular Hbond substituents is 4. The maximum Gasteiger partial charge on any atom is 0.206 e. The molecule has 0 atom stereocenters. The topological polar surface area (TPSA) is 120 Å². The van der Waals surface area contributed by atoms with E-state index >= 15 is 0 Å². The van der Waals surface area contributed by atoms with Crippen LogP contribution >= 0.6 is 0 Å². The molecule has 1 aromatic heterocycles. The molecular formula is C25H19NO6S. The van der Waals surface area contributed by atoms with Crippen molar-refractivity contribution in [3.05, 3.63) is 84.4 Å². The number of nitrogens with zero attached hydrogens (tertiary/aromatic N) is 1. The first-order valence-electron chi connectivity index (χ1n) is 10.1. The van der Waals surface area contributed by atoms with E-state index in [2.05, 4.69) is 0 Å². The molecule has 0 unspecified atom stereocenters. The van der Waals surface area contributed by atoms with Gasteiger partial charge in [0.25, 0.3) is 0 Å². The predicted molar refractivity (Wildman–Crippen MR) is 124 cm³/mol. The van der Waals surface area contributed by atoms with E-state index in [9.17, 15) is 28.8 Å². The van der Waals surface area contributed by atoms with Crippen LogP contribution in [-0.4, -0.2) is 33.4 Å². The highest BCUT2D eigenvalue weighted by Gasteiger charge is 2.20. The Balaban J connectivity index is 1.62. The fourth-order valence-corrected chi connectivity index (χ4v) is 5.32. The molecule has 0 aliphatic heterocycles. The van der Waals surface area contributed by atoms with Crippen LogP contribution in [0.15, 0.2) is 88.7 Å². The molecule has 0 aliphatic rings. The largest absolute Gasteiger partial charge is 0.504 e. The molecule has 0 fully saturated rings. The SMILES string of the molecule is O=S(=O)(c1ccccc1)c1ccc(Cn2c3cc(O)c(O)cc3c3ccc(O)c(O)c32)cc1. The van der Waals surface area contributed by atoms with Crippen molar-refractivity contribution in [2.24, 2.45) is 0 Å². The number of phenols is 4. The van der Waals surface area contributed by atoms with Crippen LogP contribution in [0.2, 0.25) is 0 Å². The second kappa shape index (κ2) is 7.46. The summed E-state index contributed by atoms with van der Waals surface area (Å²) in [6.07, 6.45) is 0. The molecule has 5 aromatic rings. The Morgan fingerprint density at radius 3 is 2.00 bits per heavy atom. The van der Waals surface area contributed by atoms with Gasteiger partial charge in [-0.2, -0.15) is 0 Å². The molecule has 0 saturated heterocycles. The van der Waals surface area contributed by atoms with E-state index in [1.165, 1.54) is 30.3 Å². The second-order valence-corrected chi connectivity index (χ2v) is 9.68. The van der Waals surface area contributed by atoms with Crippen molar-refractivity contribution >= 4 is 31.6 Å². The van der Waals surface area contributed by atoms with Gasteiger partial charge in [-0.3, -0.25) is 0 Å². The van der Waals surface area contributed by atoms with E-state index in [4.69, 9.17) is 0 Å². The van der Waals surface area contributed by atoms with Crippen molar-refractivity contribution in [1.29, 1.82) is 0 Å². The van der Waals surface area contributed by atoms with E-state index in [1.54, 1.807) is 53.1 Å². The molecule has 0 amide bonds. The second-order valence-electron chi connectivity index (χ2n) is 7.73. The van der Waals surface area contributed by atoms with Gasteiger partial charge in [0.05, 0.1) is 20.8 Å². The highest BCUT2D eigenvalue weighted by Crippen LogP contribution is 2.42. The summed E-state index contributed by atoms with van der Waals surface area (Å²) in [5, 5.41) is 41.8. The van der Waals surface area contributed by atoms with Crippen molar-refractivity contribution in [1.82, 2.24) is 4.57 Å². The smallest absolute Gasteiger partial charge is 0.206 e. The molecule has 5 rings (SSSR count). The van der Waals surface area contributed by atoms with Crippen molar-refractivity contribution < 1.29 is 28.8 Å². The number of hydrogen-bond donors (Lipinski definition) is 4. The van der Waals surface area contributed by atoms with Gasteiger partial charge in [-0.1, -0.05) is 30.3 Å². The lowest BCUT2D eigenvalue weighted by molar-refractivity contribution is 0.404. The molecule has 166 valence electrons. The van der Waals surface area contributed by atoms with Crippen LogP contribution in [0, 0.1) is 0 Å². The zero-order valence-electron chi connectivity index (χ0n) is 17.2. The number of fused-ring (bicyclic) bond motifs is 3. The minimum Gasteiger partial charge on any atom is -0.504 e. The van der Waals surface area contributed by atoms with Crippen LogP contribution in [-0.2, 0) is 16.4 Å². The first kappa shape index (κ1) is 20.7. The minimum atomic E-state index is -3.65. The lowest BCUT2D eigenvalue weighted by atomic mass is 10.1. The Labute approximate surface area is 188 Å². The summed E-state index contributed by atoms with van der Waals surface area (Å²) in [6.45, 7) is 0.215. The third kappa shape index (κ3) is 3.32. The van der Waals surface area contributed by atoms with Gasteiger partial charge < -0.3 is 25.0 Å². The van der Waals surface area contributed by atoms with Crippen LogP contribution in [0.4, 0.5) is 0 Å². The molecule has 1 heterocycles. The minimum absolute atomic E-state index is 0.155. The highest BCUT2D eigenvalue weighted by atomic mass is 32.2. The Morgan fingerprint density at radius 1 is 0.667 bits per heavy atom. The molecule has 4 aromatic carbocycles. The zero-order valence-corrected chi connectivity index (χ0v) is 18.0. The van der Waals surface area contributed by atoms with Crippen LogP contribution in [0.3, 0.4) is 0 Å². The molecule has 0 aliphatic carbocycles. The van der Waals surface area contributed by atoms with Gasteiger partial charge in [-0.05, 0) is 48.0 Å². The van der Waals surface area contributed by atoms with Crippen LogP contribution in [0.5, 0.6) is 23.0 Å². The fourth-order valence-electron chi connectivity index (χ4n) is 4.04. The van der Waals surface area contributed by atoms with E-state index in [-0.39, 0.29) is 39.3 Å². The highest BCUT2D eigenvalue weighted by molar-refractivity contribution is 7.91. The van der Waals surface area contributed by atoms with Gasteiger partial charge in [0.15, 0.2) is 23.0 Å². The van der Waals surface area contributed by atoms with Crippen LogP contribution in [0.1, 0.15) is 5.56 Å². The summed E-state index contributed by atoms with van der Waals surface area (Å²) in [4.78, 5) is 0.360. The average molecular weight is 461 g/mol. The first-order valence-corrected chi connectivity index (χ1v) is 11.5. The van der Waals surface area contributed by atoms with Gasteiger partial charge in [-0.15, -0.1) is 0 Å². The standard InChI is InChI=1S/C25H19NO6S/c27-21-11-10-18-19-12-22(28)23(29)13-20(19)26(24(18)25(21)30)14-15-6-8-17(9-7-15)33(31,32)16-4-2-1-3-5-16/h1-13,27-30H,14H2.